The Bertz CT molecular complexity index is 1450. The number of hydrogen-bond donors (Lipinski definition) is 2. The molecule has 1 fully saturated rings. The standard InChI is InChI=1S/C23H20N6O4S/c1-23(9-10-23)22(30)26-16-5-7-17(8-6-16)29-34(31,32)18-4-2-3-15(13-18)20-27-28-21(33-20)19-14-24-11-12-25-19/h2-8,11-14,29H,9-10H2,1H3,(H,26,30). The lowest BCUT2D eigenvalue weighted by Crippen LogP contribution is -2.21. The van der Waals surface area contributed by atoms with Crippen molar-refractivity contribution in [3.8, 4) is 23.0 Å². The third-order valence-electron chi connectivity index (χ3n) is 5.54. The van der Waals surface area contributed by atoms with E-state index in [1.54, 1.807) is 36.4 Å². The zero-order chi connectivity index (χ0) is 23.8. The SMILES string of the molecule is CC1(C(=O)Nc2ccc(NS(=O)(=O)c3cccc(-c4nnc(-c5cnccn5)o4)c3)cc2)CC1. The third-order valence-corrected chi connectivity index (χ3v) is 6.92. The molecule has 172 valence electrons. The molecule has 5 rings (SSSR count). The van der Waals surface area contributed by atoms with E-state index in [0.29, 0.717) is 22.6 Å². The number of nitrogens with zero attached hydrogens (tertiary/aromatic N) is 4. The monoisotopic (exact) mass is 476 g/mol. The Hall–Kier alpha value is -4.12. The highest BCUT2D eigenvalue weighted by Gasteiger charge is 2.44. The number of amides is 1. The first kappa shape index (κ1) is 21.7. The second kappa shape index (κ2) is 8.34. The summed E-state index contributed by atoms with van der Waals surface area (Å²) in [5.41, 5.74) is 1.54. The molecule has 1 saturated carbocycles. The van der Waals surface area contributed by atoms with Gasteiger partial charge < -0.3 is 9.73 Å². The molecule has 4 aromatic rings. The Balaban J connectivity index is 1.31. The van der Waals surface area contributed by atoms with Gasteiger partial charge in [0.25, 0.3) is 15.9 Å². The van der Waals surface area contributed by atoms with Crippen molar-refractivity contribution in [2.45, 2.75) is 24.7 Å². The maximum absolute atomic E-state index is 12.9. The number of carbonyl (C=O) groups is 1. The van der Waals surface area contributed by atoms with E-state index in [1.165, 1.54) is 30.7 Å². The molecular weight excluding hydrogens is 456 g/mol. The first-order valence-corrected chi connectivity index (χ1v) is 12.0. The van der Waals surface area contributed by atoms with Crippen LogP contribution in [0.3, 0.4) is 0 Å². The summed E-state index contributed by atoms with van der Waals surface area (Å²) in [5, 5.41) is 10.8. The molecule has 34 heavy (non-hydrogen) atoms. The van der Waals surface area contributed by atoms with Gasteiger partial charge in [-0.05, 0) is 55.3 Å². The van der Waals surface area contributed by atoms with Gasteiger partial charge in [-0.15, -0.1) is 10.2 Å². The normalized spacial score (nSPS) is 14.4. The summed E-state index contributed by atoms with van der Waals surface area (Å²) in [6.07, 6.45) is 6.28. The topological polar surface area (TPSA) is 140 Å². The van der Waals surface area contributed by atoms with E-state index in [2.05, 4.69) is 30.2 Å². The fourth-order valence-electron chi connectivity index (χ4n) is 3.18. The second-order valence-corrected chi connectivity index (χ2v) is 9.91. The van der Waals surface area contributed by atoms with Gasteiger partial charge in [0.05, 0.1) is 11.1 Å². The quantitative estimate of drug-likeness (QED) is 0.411. The average Bonchev–Trinajstić information content (AvgIpc) is 3.41. The molecule has 2 heterocycles. The second-order valence-electron chi connectivity index (χ2n) is 8.23. The number of anilines is 2. The van der Waals surface area contributed by atoms with Crippen LogP contribution < -0.4 is 10.0 Å². The summed E-state index contributed by atoms with van der Waals surface area (Å²) >= 11 is 0. The van der Waals surface area contributed by atoms with Gasteiger partial charge in [-0.1, -0.05) is 13.0 Å². The molecule has 0 radical (unpaired) electrons. The summed E-state index contributed by atoms with van der Waals surface area (Å²) in [6.45, 7) is 1.92. The molecule has 0 bridgehead atoms. The highest BCUT2D eigenvalue weighted by Crippen LogP contribution is 2.45. The van der Waals surface area contributed by atoms with Gasteiger partial charge in [0, 0.05) is 34.7 Å². The number of carbonyl (C=O) groups excluding carboxylic acids is 1. The number of nitrogens with one attached hydrogen (secondary N) is 2. The van der Waals surface area contributed by atoms with E-state index in [9.17, 15) is 13.2 Å². The lowest BCUT2D eigenvalue weighted by molar-refractivity contribution is -0.120. The first-order valence-electron chi connectivity index (χ1n) is 10.5. The Morgan fingerprint density at radius 1 is 1.00 bits per heavy atom. The molecule has 11 heteroatoms. The van der Waals surface area contributed by atoms with Crippen LogP contribution in [0.15, 0.2) is 76.4 Å². The highest BCUT2D eigenvalue weighted by atomic mass is 32.2. The lowest BCUT2D eigenvalue weighted by Gasteiger charge is -2.12. The van der Waals surface area contributed by atoms with Crippen LogP contribution in [-0.4, -0.2) is 34.5 Å². The Kier molecular flexibility index (Phi) is 5.33. The summed E-state index contributed by atoms with van der Waals surface area (Å²) in [6, 6.07) is 12.7. The maximum Gasteiger partial charge on any atom is 0.268 e. The van der Waals surface area contributed by atoms with Crippen molar-refractivity contribution < 1.29 is 17.6 Å². The molecule has 10 nitrogen and oxygen atoms in total. The van der Waals surface area contributed by atoms with E-state index < -0.39 is 10.0 Å². The molecule has 1 aliphatic rings. The summed E-state index contributed by atoms with van der Waals surface area (Å²) in [4.78, 5) is 20.3. The Labute approximate surface area is 195 Å². The van der Waals surface area contributed by atoms with Crippen molar-refractivity contribution in [1.82, 2.24) is 20.2 Å². The molecule has 0 unspecified atom stereocenters. The fourth-order valence-corrected chi connectivity index (χ4v) is 4.29. The van der Waals surface area contributed by atoms with Gasteiger partial charge in [-0.3, -0.25) is 14.5 Å². The van der Waals surface area contributed by atoms with Crippen LogP contribution in [0, 0.1) is 5.41 Å². The van der Waals surface area contributed by atoms with E-state index in [-0.39, 0.29) is 28.0 Å². The molecule has 2 aromatic heterocycles. The van der Waals surface area contributed by atoms with Crippen LogP contribution in [0.2, 0.25) is 0 Å². The van der Waals surface area contributed by atoms with Crippen molar-refractivity contribution in [2.75, 3.05) is 10.0 Å². The van der Waals surface area contributed by atoms with Gasteiger partial charge in [0.15, 0.2) is 0 Å². The Morgan fingerprint density at radius 3 is 2.44 bits per heavy atom. The molecule has 0 atom stereocenters. The van der Waals surface area contributed by atoms with Crippen molar-refractivity contribution >= 4 is 27.3 Å². The zero-order valence-electron chi connectivity index (χ0n) is 18.1. The minimum Gasteiger partial charge on any atom is -0.415 e. The third kappa shape index (κ3) is 4.50. The van der Waals surface area contributed by atoms with Crippen LogP contribution in [0.5, 0.6) is 0 Å². The molecule has 1 aliphatic carbocycles. The molecule has 0 saturated heterocycles. The van der Waals surface area contributed by atoms with Crippen LogP contribution in [0.25, 0.3) is 23.0 Å². The smallest absolute Gasteiger partial charge is 0.268 e. The van der Waals surface area contributed by atoms with Crippen LogP contribution in [0.1, 0.15) is 19.8 Å². The van der Waals surface area contributed by atoms with Crippen molar-refractivity contribution in [3.63, 3.8) is 0 Å². The summed E-state index contributed by atoms with van der Waals surface area (Å²) < 4.78 is 34.1. The van der Waals surface area contributed by atoms with Crippen LogP contribution >= 0.6 is 0 Å². The van der Waals surface area contributed by atoms with Gasteiger partial charge in [-0.25, -0.2) is 13.4 Å². The molecule has 2 aromatic carbocycles. The van der Waals surface area contributed by atoms with Crippen molar-refractivity contribution in [3.05, 3.63) is 67.1 Å². The number of aromatic nitrogens is 4. The summed E-state index contributed by atoms with van der Waals surface area (Å²) in [7, 11) is -3.89. The number of benzene rings is 2. The lowest BCUT2D eigenvalue weighted by atomic mass is 10.1. The highest BCUT2D eigenvalue weighted by molar-refractivity contribution is 7.92. The minimum atomic E-state index is -3.89. The largest absolute Gasteiger partial charge is 0.415 e. The van der Waals surface area contributed by atoms with Gasteiger partial charge in [0.2, 0.25) is 11.8 Å². The minimum absolute atomic E-state index is 0.0267. The summed E-state index contributed by atoms with van der Waals surface area (Å²) in [5.74, 6) is 0.306. The van der Waals surface area contributed by atoms with E-state index in [1.807, 2.05) is 6.92 Å². The Morgan fingerprint density at radius 2 is 1.74 bits per heavy atom. The number of rotatable bonds is 7. The van der Waals surface area contributed by atoms with E-state index in [4.69, 9.17) is 4.42 Å². The van der Waals surface area contributed by atoms with E-state index in [0.717, 1.165) is 12.8 Å². The number of sulfonamides is 1. The fraction of sp³-hybridized carbons (Fsp3) is 0.174. The predicted molar refractivity (Wildman–Crippen MR) is 124 cm³/mol. The number of hydrogen-bond acceptors (Lipinski definition) is 8. The van der Waals surface area contributed by atoms with Crippen LogP contribution in [0.4, 0.5) is 11.4 Å². The molecular formula is C23H20N6O4S. The molecule has 0 spiro atoms. The first-order chi connectivity index (χ1) is 16.3. The van der Waals surface area contributed by atoms with Crippen molar-refractivity contribution in [1.29, 1.82) is 0 Å². The van der Waals surface area contributed by atoms with Gasteiger partial charge >= 0.3 is 0 Å². The predicted octanol–water partition coefficient (Wildman–Crippen LogP) is 3.73. The van der Waals surface area contributed by atoms with Gasteiger partial charge in [0.1, 0.15) is 5.69 Å². The van der Waals surface area contributed by atoms with Crippen LogP contribution in [-0.2, 0) is 14.8 Å². The molecule has 0 aliphatic heterocycles. The van der Waals surface area contributed by atoms with Gasteiger partial charge in [-0.2, -0.15) is 0 Å². The van der Waals surface area contributed by atoms with E-state index >= 15 is 0 Å². The maximum atomic E-state index is 12.9. The molecule has 1 amide bonds. The zero-order valence-corrected chi connectivity index (χ0v) is 18.9. The van der Waals surface area contributed by atoms with Crippen molar-refractivity contribution in [2.24, 2.45) is 5.41 Å². The average molecular weight is 477 g/mol. The molecule has 2 N–H and O–H groups in total.